The van der Waals surface area contributed by atoms with Gasteiger partial charge in [0, 0.05) is 6.42 Å². The number of allylic oxidation sites excluding steroid dienone is 9. The molecule has 0 rings (SSSR count). The average molecular weight is 990 g/mol. The van der Waals surface area contributed by atoms with Crippen LogP contribution in [0.15, 0.2) is 60.8 Å². The summed E-state index contributed by atoms with van der Waals surface area (Å²) in [6.45, 7) is 4.63. The molecule has 3 atom stereocenters. The average Bonchev–Trinajstić information content (AvgIpc) is 3.31. The normalized spacial score (nSPS) is 14.4. The predicted molar refractivity (Wildman–Crippen MR) is 297 cm³/mol. The summed E-state index contributed by atoms with van der Waals surface area (Å²) < 4.78 is 23.3. The number of phosphoric ester groups is 1. The third kappa shape index (κ3) is 53.8. The molecule has 0 saturated carbocycles. The van der Waals surface area contributed by atoms with Gasteiger partial charge in [0.05, 0.1) is 39.9 Å². The molecule has 1 amide bonds. The van der Waals surface area contributed by atoms with Gasteiger partial charge in [-0.1, -0.05) is 242 Å². The van der Waals surface area contributed by atoms with Crippen LogP contribution >= 0.6 is 7.82 Å². The second-order valence-electron chi connectivity index (χ2n) is 21.0. The lowest BCUT2D eigenvalue weighted by Gasteiger charge is -2.29. The highest BCUT2D eigenvalue weighted by Gasteiger charge is 2.23. The molecule has 404 valence electrons. The van der Waals surface area contributed by atoms with Gasteiger partial charge in [-0.3, -0.25) is 9.36 Å². The van der Waals surface area contributed by atoms with E-state index in [0.29, 0.717) is 17.4 Å². The Kier molecular flexibility index (Phi) is 49.8. The van der Waals surface area contributed by atoms with Crippen molar-refractivity contribution in [3.63, 3.8) is 0 Å². The van der Waals surface area contributed by atoms with Gasteiger partial charge in [0.25, 0.3) is 7.82 Å². The van der Waals surface area contributed by atoms with E-state index in [9.17, 15) is 19.4 Å². The molecule has 69 heavy (non-hydrogen) atoms. The van der Waals surface area contributed by atoms with E-state index < -0.39 is 26.6 Å². The number of amides is 1. The molecule has 2 N–H and O–H groups in total. The molecule has 0 spiro atoms. The highest BCUT2D eigenvalue weighted by atomic mass is 31.2. The van der Waals surface area contributed by atoms with Gasteiger partial charge in [0.15, 0.2) is 0 Å². The van der Waals surface area contributed by atoms with Crippen molar-refractivity contribution < 1.29 is 32.9 Å². The van der Waals surface area contributed by atoms with Crippen LogP contribution < -0.4 is 10.2 Å². The Morgan fingerprint density at radius 3 is 1.26 bits per heavy atom. The van der Waals surface area contributed by atoms with E-state index in [4.69, 9.17) is 9.05 Å². The summed E-state index contributed by atoms with van der Waals surface area (Å²) in [5, 5.41) is 13.9. The van der Waals surface area contributed by atoms with Gasteiger partial charge in [0.2, 0.25) is 5.91 Å². The maximum Gasteiger partial charge on any atom is 0.268 e. The van der Waals surface area contributed by atoms with Crippen molar-refractivity contribution in [2.45, 2.75) is 276 Å². The molecule has 0 aromatic heterocycles. The fourth-order valence-electron chi connectivity index (χ4n) is 8.33. The zero-order chi connectivity index (χ0) is 50.6. The first-order valence-electron chi connectivity index (χ1n) is 29.2. The number of rotatable bonds is 53. The molecule has 8 nitrogen and oxygen atoms in total. The maximum absolute atomic E-state index is 13.0. The Balaban J connectivity index is 4.29. The lowest BCUT2D eigenvalue weighted by atomic mass is 10.0. The summed E-state index contributed by atoms with van der Waals surface area (Å²) in [4.78, 5) is 25.5. The molecule has 0 saturated heterocycles. The molecule has 0 bridgehead atoms. The van der Waals surface area contributed by atoms with Crippen LogP contribution in [0, 0.1) is 0 Å². The Morgan fingerprint density at radius 2 is 0.855 bits per heavy atom. The van der Waals surface area contributed by atoms with Crippen molar-refractivity contribution in [2.75, 3.05) is 40.9 Å². The molecular weight excluding hydrogens is 876 g/mol. The minimum Gasteiger partial charge on any atom is -0.756 e. The van der Waals surface area contributed by atoms with Crippen molar-refractivity contribution in [3.05, 3.63) is 60.8 Å². The van der Waals surface area contributed by atoms with Gasteiger partial charge in [-0.15, -0.1) is 0 Å². The van der Waals surface area contributed by atoms with Gasteiger partial charge in [0.1, 0.15) is 13.2 Å². The van der Waals surface area contributed by atoms with E-state index in [-0.39, 0.29) is 12.5 Å². The second kappa shape index (κ2) is 51.1. The molecule has 3 unspecified atom stereocenters. The van der Waals surface area contributed by atoms with Crippen LogP contribution in [0.25, 0.3) is 0 Å². The lowest BCUT2D eigenvalue weighted by molar-refractivity contribution is -0.870. The van der Waals surface area contributed by atoms with E-state index in [1.807, 2.05) is 27.2 Å². The van der Waals surface area contributed by atoms with E-state index >= 15 is 0 Å². The third-order valence-electron chi connectivity index (χ3n) is 12.9. The number of aliphatic hydroxyl groups is 1. The minimum absolute atomic E-state index is 0.0108. The van der Waals surface area contributed by atoms with Gasteiger partial charge < -0.3 is 28.8 Å². The first-order valence-corrected chi connectivity index (χ1v) is 30.6. The van der Waals surface area contributed by atoms with Crippen LogP contribution in [0.4, 0.5) is 0 Å². The smallest absolute Gasteiger partial charge is 0.268 e. The van der Waals surface area contributed by atoms with E-state index in [0.717, 1.165) is 51.4 Å². The van der Waals surface area contributed by atoms with Crippen LogP contribution in [0.3, 0.4) is 0 Å². The standard InChI is InChI=1S/C60H113N2O6P/c1-6-8-10-12-14-16-18-20-22-24-26-28-30-32-33-35-37-39-41-43-45-47-49-51-53-59(63)58(57-68-69(65,66)67-56-55-62(3,4)5)61-60(64)54-52-50-48-46-44-42-40-38-36-34-31-29-27-25-23-21-19-17-15-13-11-9-7-2/h19,21,25,27,35,37,43,45,51,53,58-59,63H,6-18,20,22-24,26,28-34,36,38-42,44,46-50,52,54-57H2,1-5H3,(H-,61,64,65,66)/b21-19-,27-25-,37-35+,45-43+,53-51+. The summed E-state index contributed by atoms with van der Waals surface area (Å²) in [6, 6.07) is -0.914. The number of phosphoric acid groups is 1. The van der Waals surface area contributed by atoms with E-state index in [1.54, 1.807) is 6.08 Å². The Bertz CT molecular complexity index is 1310. The Morgan fingerprint density at radius 1 is 0.507 bits per heavy atom. The number of nitrogens with zero attached hydrogens (tertiary/aromatic N) is 1. The zero-order valence-electron chi connectivity index (χ0n) is 46.0. The monoisotopic (exact) mass is 989 g/mol. The molecule has 0 aliphatic heterocycles. The van der Waals surface area contributed by atoms with Crippen molar-refractivity contribution in [1.29, 1.82) is 0 Å². The number of hydrogen-bond acceptors (Lipinski definition) is 6. The number of quaternary nitrogens is 1. The molecule has 0 radical (unpaired) electrons. The van der Waals surface area contributed by atoms with E-state index in [1.165, 1.54) is 193 Å². The van der Waals surface area contributed by atoms with Crippen molar-refractivity contribution in [1.82, 2.24) is 5.32 Å². The molecule has 0 heterocycles. The summed E-state index contributed by atoms with van der Waals surface area (Å²) in [5.74, 6) is -0.213. The number of aliphatic hydroxyl groups excluding tert-OH is 1. The fraction of sp³-hybridized carbons (Fsp3) is 0.817. The quantitative estimate of drug-likeness (QED) is 0.0272. The van der Waals surface area contributed by atoms with Crippen LogP contribution in [-0.4, -0.2) is 68.5 Å². The number of unbranched alkanes of at least 4 members (excludes halogenated alkanes) is 32. The maximum atomic E-state index is 13.0. The predicted octanol–water partition coefficient (Wildman–Crippen LogP) is 17.1. The number of carbonyl (C=O) groups excluding carboxylic acids is 1. The zero-order valence-corrected chi connectivity index (χ0v) is 46.9. The topological polar surface area (TPSA) is 108 Å². The van der Waals surface area contributed by atoms with Gasteiger partial charge in [-0.05, 0) is 77.0 Å². The van der Waals surface area contributed by atoms with E-state index in [2.05, 4.69) is 67.8 Å². The van der Waals surface area contributed by atoms with Gasteiger partial charge >= 0.3 is 0 Å². The largest absolute Gasteiger partial charge is 0.756 e. The molecule has 0 aliphatic carbocycles. The molecule has 0 aromatic carbocycles. The number of hydrogen-bond donors (Lipinski definition) is 2. The first-order chi connectivity index (χ1) is 33.5. The lowest BCUT2D eigenvalue weighted by Crippen LogP contribution is -2.45. The number of likely N-dealkylation sites (N-methyl/N-ethyl adjacent to an activating group) is 1. The molecule has 0 fully saturated rings. The van der Waals surface area contributed by atoms with Crippen LogP contribution in [0.1, 0.15) is 264 Å². The third-order valence-corrected chi connectivity index (χ3v) is 13.9. The van der Waals surface area contributed by atoms with Gasteiger partial charge in [-0.25, -0.2) is 0 Å². The minimum atomic E-state index is -4.61. The molecular formula is C60H113N2O6P. The van der Waals surface area contributed by atoms with Crippen molar-refractivity contribution in [3.8, 4) is 0 Å². The SMILES string of the molecule is CCCCCCC/C=C\C/C=C\CCCCCCCCCCCCCC(=O)NC(COP(=O)([O-])OCC[N+](C)(C)C)C(O)/C=C/CC/C=C/CC/C=C/CCCCCCCCCCCCCCCC. The summed E-state index contributed by atoms with van der Waals surface area (Å²) in [7, 11) is 1.23. The summed E-state index contributed by atoms with van der Waals surface area (Å²) in [5.41, 5.74) is 0. The van der Waals surface area contributed by atoms with Crippen LogP contribution in [0.2, 0.25) is 0 Å². The number of carbonyl (C=O) groups is 1. The summed E-state index contributed by atoms with van der Waals surface area (Å²) >= 11 is 0. The molecule has 0 aliphatic rings. The van der Waals surface area contributed by atoms with Crippen LogP contribution in [-0.2, 0) is 18.4 Å². The fourth-order valence-corrected chi connectivity index (χ4v) is 9.06. The highest BCUT2D eigenvalue weighted by Crippen LogP contribution is 2.38. The number of nitrogens with one attached hydrogen (secondary N) is 1. The Hall–Kier alpha value is -1.80. The molecule has 0 aromatic rings. The van der Waals surface area contributed by atoms with Crippen LogP contribution in [0.5, 0.6) is 0 Å². The van der Waals surface area contributed by atoms with Crippen molar-refractivity contribution in [2.24, 2.45) is 0 Å². The van der Waals surface area contributed by atoms with Gasteiger partial charge in [-0.2, -0.15) is 0 Å². The highest BCUT2D eigenvalue weighted by molar-refractivity contribution is 7.45. The first kappa shape index (κ1) is 67.2. The molecule has 9 heteroatoms. The van der Waals surface area contributed by atoms with Crippen molar-refractivity contribution >= 4 is 13.7 Å². The summed E-state index contributed by atoms with van der Waals surface area (Å²) in [6.07, 6.45) is 68.7. The Labute approximate surface area is 428 Å². The second-order valence-corrected chi connectivity index (χ2v) is 22.4.